The van der Waals surface area contributed by atoms with Crippen molar-refractivity contribution in [3.8, 4) is 0 Å². The van der Waals surface area contributed by atoms with Crippen molar-refractivity contribution in [2.75, 3.05) is 6.61 Å². The van der Waals surface area contributed by atoms with Crippen molar-refractivity contribution in [2.45, 2.75) is 50.9 Å². The molecule has 0 unspecified atom stereocenters. The molecule has 7 nitrogen and oxygen atoms in total. The van der Waals surface area contributed by atoms with Crippen LogP contribution in [-0.4, -0.2) is 41.3 Å². The fraction of sp³-hybridized carbons (Fsp3) is 0.500. The normalized spacial score (nSPS) is 42.6. The molecule has 4 bridgehead atoms. The molecule has 6 rings (SSSR count). The first-order valence-corrected chi connectivity index (χ1v) is 12.2. The number of esters is 2. The molecular formula is C28H28O7. The second-order valence-electron chi connectivity index (χ2n) is 10.7. The van der Waals surface area contributed by atoms with Gasteiger partial charge in [0.1, 0.15) is 17.6 Å². The molecule has 5 aliphatic rings. The average molecular weight is 477 g/mol. The summed E-state index contributed by atoms with van der Waals surface area (Å²) in [5.74, 6) is -4.20. The van der Waals surface area contributed by atoms with Crippen molar-refractivity contribution in [3.63, 3.8) is 0 Å². The van der Waals surface area contributed by atoms with Gasteiger partial charge >= 0.3 is 11.9 Å². The van der Waals surface area contributed by atoms with Crippen molar-refractivity contribution in [2.24, 2.45) is 28.6 Å². The SMILES string of the molecule is C=C1C(=O)[C@]23C[C@@]1(OCC)CC[C@H]2[C@@]12C=CC(=O)[C@](C)(C(=O)O1)[C@H]2[C@@H]3C(=O)OCc1ccccc1. The van der Waals surface area contributed by atoms with Gasteiger partial charge in [-0.25, -0.2) is 0 Å². The highest BCUT2D eigenvalue weighted by molar-refractivity contribution is 6.15. The lowest BCUT2D eigenvalue weighted by molar-refractivity contribution is -0.168. The number of Topliss-reactive ketones (excluding diaryl/α,β-unsaturated/α-hetero) is 1. The molecule has 182 valence electrons. The molecule has 1 aliphatic heterocycles. The van der Waals surface area contributed by atoms with Crippen LogP contribution in [0.1, 0.15) is 38.7 Å². The summed E-state index contributed by atoms with van der Waals surface area (Å²) in [5.41, 5.74) is -3.68. The zero-order valence-corrected chi connectivity index (χ0v) is 19.9. The van der Waals surface area contributed by atoms with E-state index in [1.807, 2.05) is 37.3 Å². The smallest absolute Gasteiger partial charge is 0.321 e. The van der Waals surface area contributed by atoms with Crippen molar-refractivity contribution >= 4 is 23.5 Å². The quantitative estimate of drug-likeness (QED) is 0.366. The minimum absolute atomic E-state index is 0.0255. The first-order valence-electron chi connectivity index (χ1n) is 12.2. The van der Waals surface area contributed by atoms with Gasteiger partial charge in [0.2, 0.25) is 0 Å². The van der Waals surface area contributed by atoms with E-state index < -0.39 is 57.5 Å². The summed E-state index contributed by atoms with van der Waals surface area (Å²) < 4.78 is 18.0. The summed E-state index contributed by atoms with van der Waals surface area (Å²) in [4.78, 5) is 54.4. The standard InChI is InChI=1S/C28H28O7/c1-4-34-26-12-10-18-27(15-26,22(30)16(26)2)20(23(31)33-14-17-8-6-5-7-9-17)21-25(3)19(29)11-13-28(18,21)35-24(25)32/h5-9,11,13,18,20-21H,2,4,10,12,14-15H2,1,3H3/t18-,20-,21-,25+,26+,27-,28-/m1/s1. The van der Waals surface area contributed by atoms with Crippen LogP contribution in [0.3, 0.4) is 0 Å². The van der Waals surface area contributed by atoms with E-state index in [9.17, 15) is 19.2 Å². The molecule has 3 saturated carbocycles. The van der Waals surface area contributed by atoms with Gasteiger partial charge in [-0.15, -0.1) is 0 Å². The third-order valence-electron chi connectivity index (χ3n) is 9.42. The molecule has 1 saturated heterocycles. The minimum Gasteiger partial charge on any atom is -0.461 e. The van der Waals surface area contributed by atoms with Crippen molar-refractivity contribution < 1.29 is 33.4 Å². The maximum atomic E-state index is 14.1. The first-order chi connectivity index (χ1) is 16.7. The van der Waals surface area contributed by atoms with E-state index in [4.69, 9.17) is 14.2 Å². The van der Waals surface area contributed by atoms with Crippen molar-refractivity contribution in [1.82, 2.24) is 0 Å². The molecule has 1 aromatic carbocycles. The predicted octanol–water partition coefficient (Wildman–Crippen LogP) is 3.12. The highest BCUT2D eigenvalue weighted by Gasteiger charge is 2.86. The summed E-state index contributed by atoms with van der Waals surface area (Å²) >= 11 is 0. The van der Waals surface area contributed by atoms with Crippen molar-refractivity contribution in [1.29, 1.82) is 0 Å². The molecule has 1 aromatic rings. The predicted molar refractivity (Wildman–Crippen MR) is 123 cm³/mol. The highest BCUT2D eigenvalue weighted by atomic mass is 16.6. The molecular weight excluding hydrogens is 448 g/mol. The number of fused-ring (bicyclic) bond motifs is 1. The van der Waals surface area contributed by atoms with Gasteiger partial charge in [-0.3, -0.25) is 19.2 Å². The van der Waals surface area contributed by atoms with Gasteiger partial charge in [-0.05, 0) is 50.8 Å². The average Bonchev–Trinajstić information content (AvgIpc) is 3.27. The zero-order chi connectivity index (χ0) is 24.8. The number of allylic oxidation sites excluding steroid dienone is 1. The Morgan fingerprint density at radius 3 is 2.66 bits per heavy atom. The van der Waals surface area contributed by atoms with Gasteiger partial charge in [-0.2, -0.15) is 0 Å². The van der Waals surface area contributed by atoms with Gasteiger partial charge in [0.15, 0.2) is 11.6 Å². The molecule has 0 aromatic heterocycles. The Bertz CT molecular complexity index is 1220. The number of hydrogen-bond acceptors (Lipinski definition) is 7. The molecule has 4 aliphatic carbocycles. The Morgan fingerprint density at radius 2 is 1.94 bits per heavy atom. The lowest BCUT2D eigenvalue weighted by Gasteiger charge is -2.44. The monoisotopic (exact) mass is 476 g/mol. The Morgan fingerprint density at radius 1 is 1.20 bits per heavy atom. The third kappa shape index (κ3) is 2.45. The van der Waals surface area contributed by atoms with Gasteiger partial charge < -0.3 is 14.2 Å². The number of ether oxygens (including phenoxy) is 3. The van der Waals surface area contributed by atoms with Gasteiger partial charge in [0.25, 0.3) is 0 Å². The number of rotatable bonds is 5. The maximum absolute atomic E-state index is 14.1. The van der Waals surface area contributed by atoms with E-state index in [2.05, 4.69) is 6.58 Å². The largest absolute Gasteiger partial charge is 0.461 e. The van der Waals surface area contributed by atoms with Gasteiger partial charge in [0, 0.05) is 24.0 Å². The molecule has 7 heteroatoms. The second kappa shape index (κ2) is 7.00. The number of carbonyl (C=O) groups is 4. The number of benzene rings is 1. The molecule has 1 spiro atoms. The minimum atomic E-state index is -1.56. The fourth-order valence-electron chi connectivity index (χ4n) is 8.02. The van der Waals surface area contributed by atoms with E-state index >= 15 is 0 Å². The summed E-state index contributed by atoms with van der Waals surface area (Å²) in [5, 5.41) is 0. The summed E-state index contributed by atoms with van der Waals surface area (Å²) in [6, 6.07) is 9.26. The number of carbonyl (C=O) groups excluding carboxylic acids is 4. The maximum Gasteiger partial charge on any atom is 0.321 e. The molecule has 35 heavy (non-hydrogen) atoms. The van der Waals surface area contributed by atoms with E-state index in [1.54, 1.807) is 13.0 Å². The Hall–Kier alpha value is -3.06. The van der Waals surface area contributed by atoms with Crippen LogP contribution in [0.5, 0.6) is 0 Å². The summed E-state index contributed by atoms with van der Waals surface area (Å²) in [6.45, 7) is 7.95. The molecule has 7 atom stereocenters. The van der Waals surface area contributed by atoms with Crippen LogP contribution in [0.25, 0.3) is 0 Å². The zero-order valence-electron chi connectivity index (χ0n) is 19.9. The lowest BCUT2D eigenvalue weighted by Crippen LogP contribution is -2.50. The Labute approximate surface area is 203 Å². The van der Waals surface area contributed by atoms with Crippen LogP contribution in [0.15, 0.2) is 54.6 Å². The fourth-order valence-corrected chi connectivity index (χ4v) is 8.02. The summed E-state index contributed by atoms with van der Waals surface area (Å²) in [6.07, 6.45) is 4.34. The summed E-state index contributed by atoms with van der Waals surface area (Å²) in [7, 11) is 0. The molecule has 1 heterocycles. The van der Waals surface area contributed by atoms with E-state index in [-0.39, 0.29) is 18.8 Å². The number of ketones is 2. The Kier molecular flexibility index (Phi) is 4.48. The van der Waals surface area contributed by atoms with Crippen LogP contribution in [0.4, 0.5) is 0 Å². The molecule has 0 amide bonds. The Balaban J connectivity index is 1.51. The van der Waals surface area contributed by atoms with Crippen LogP contribution < -0.4 is 0 Å². The van der Waals surface area contributed by atoms with E-state index in [0.29, 0.717) is 25.0 Å². The van der Waals surface area contributed by atoms with Crippen molar-refractivity contribution in [3.05, 3.63) is 60.2 Å². The van der Waals surface area contributed by atoms with Crippen LogP contribution in [0, 0.1) is 28.6 Å². The van der Waals surface area contributed by atoms with E-state index in [0.717, 1.165) is 5.56 Å². The van der Waals surface area contributed by atoms with E-state index in [1.165, 1.54) is 6.08 Å². The lowest BCUT2D eigenvalue weighted by atomic mass is 9.61. The van der Waals surface area contributed by atoms with Crippen LogP contribution >= 0.6 is 0 Å². The molecule has 4 fully saturated rings. The topological polar surface area (TPSA) is 96.0 Å². The molecule has 0 radical (unpaired) electrons. The first kappa shape index (κ1) is 22.4. The van der Waals surface area contributed by atoms with Gasteiger partial charge in [0.05, 0.1) is 16.9 Å². The molecule has 0 N–H and O–H groups in total. The highest BCUT2D eigenvalue weighted by Crippen LogP contribution is 2.76. The third-order valence-corrected chi connectivity index (χ3v) is 9.42. The van der Waals surface area contributed by atoms with Crippen LogP contribution in [-0.2, 0) is 40.0 Å². The van der Waals surface area contributed by atoms with Crippen LogP contribution in [0.2, 0.25) is 0 Å². The second-order valence-corrected chi connectivity index (χ2v) is 10.7. The number of hydrogen-bond donors (Lipinski definition) is 0. The van der Waals surface area contributed by atoms with Gasteiger partial charge in [-0.1, -0.05) is 36.9 Å².